The molecule has 2 saturated heterocycles. The number of likely N-dealkylation sites (N-methyl/N-ethyl adjacent to an activating group) is 1. The molecule has 1 aromatic heterocycles. The zero-order chi connectivity index (χ0) is 40.9. The molecule has 10 atom stereocenters. The fraction of sp³-hybridized carbons (Fsp3) is 0.587. The molecule has 1 spiro atoms. The van der Waals surface area contributed by atoms with Gasteiger partial charge in [0.2, 0.25) is 5.60 Å². The van der Waals surface area contributed by atoms with Crippen LogP contribution in [0, 0.1) is 17.8 Å². The maximum Gasteiger partial charge on any atom is 0.344 e. The number of para-hydroxylation sites is 1. The second kappa shape index (κ2) is 14.1. The number of aliphatic hydroxyl groups is 1. The second-order valence-corrected chi connectivity index (χ2v) is 17.8. The number of ether oxygens (including phenoxy) is 4. The van der Waals surface area contributed by atoms with Gasteiger partial charge in [0.05, 0.1) is 27.4 Å². The van der Waals surface area contributed by atoms with Crippen molar-refractivity contribution in [2.45, 2.75) is 93.9 Å². The molecule has 2 bridgehead atoms. The van der Waals surface area contributed by atoms with E-state index in [1.54, 1.807) is 7.11 Å². The third-order valence-corrected chi connectivity index (χ3v) is 15.3. The minimum Gasteiger partial charge on any atom is -0.496 e. The maximum absolute atomic E-state index is 15.3. The SMILES string of the molecule is CCC1=CCN2CC[C@]34c5cc([C@]6(C(=O)OC)C[C@H]7C[C@H](CC)CN(CCc8c6[nH]c6ccccc86)C7)c(OC)cc5N(C)[C@@H]3[C@](O)(C(=O)OC)[C@H](OC(C)=O)[C@H]1[C@@H]24. The number of fused-ring (bicyclic) bond motifs is 6. The molecule has 12 nitrogen and oxygen atoms in total. The summed E-state index contributed by atoms with van der Waals surface area (Å²) in [4.78, 5) is 53.4. The standard InChI is InChI=1S/C46H58N4O8/c1-8-27-20-28-23-45(42(52)56-6,38-31(15-17-49(24-27)25-28)30-12-10-11-13-34(30)47-38)33-21-32-35(22-36(33)55-5)48(4)41-44(32)16-19-50-18-14-29(9-2)37(39(44)50)40(58-26(3)51)46(41,54)43(53)57-7/h10-14,21-22,27-28,37,39-41,47,54H,8-9,15-20,23-25H2,1-7H3/t27-,28+,37+,39+,40+,41-,44+,45+,46-/m0/s1. The maximum atomic E-state index is 15.3. The minimum absolute atomic E-state index is 0.187. The predicted octanol–water partition coefficient (Wildman–Crippen LogP) is 4.88. The van der Waals surface area contributed by atoms with Crippen LogP contribution in [0.25, 0.3) is 10.9 Å². The first-order chi connectivity index (χ1) is 27.9. The Balaban J connectivity index is 1.35. The number of benzene rings is 2. The third kappa shape index (κ3) is 5.19. The van der Waals surface area contributed by atoms with E-state index in [0.717, 1.165) is 77.9 Å². The number of hydrogen-bond donors (Lipinski definition) is 2. The Labute approximate surface area is 340 Å². The fourth-order valence-corrected chi connectivity index (χ4v) is 13.2. The molecular weight excluding hydrogens is 737 g/mol. The Hall–Kier alpha value is -4.39. The Morgan fingerprint density at radius 2 is 1.78 bits per heavy atom. The number of nitrogens with zero attached hydrogens (tertiary/aromatic N) is 3. The van der Waals surface area contributed by atoms with E-state index in [4.69, 9.17) is 18.9 Å². The first kappa shape index (κ1) is 39.1. The summed E-state index contributed by atoms with van der Waals surface area (Å²) in [5.74, 6) is -1.04. The molecule has 12 heteroatoms. The Morgan fingerprint density at radius 3 is 2.48 bits per heavy atom. The number of piperidine rings is 1. The molecule has 310 valence electrons. The van der Waals surface area contributed by atoms with Crippen molar-refractivity contribution in [2.24, 2.45) is 17.8 Å². The van der Waals surface area contributed by atoms with E-state index < -0.39 is 46.4 Å². The highest BCUT2D eigenvalue weighted by Gasteiger charge is 2.77. The third-order valence-electron chi connectivity index (χ3n) is 15.3. The van der Waals surface area contributed by atoms with E-state index in [0.29, 0.717) is 49.6 Å². The molecule has 0 radical (unpaired) electrons. The summed E-state index contributed by atoms with van der Waals surface area (Å²) >= 11 is 0. The minimum atomic E-state index is -2.24. The van der Waals surface area contributed by atoms with Crippen LogP contribution in [-0.2, 0) is 45.8 Å². The Bertz CT molecular complexity index is 2200. The van der Waals surface area contributed by atoms with Crippen molar-refractivity contribution in [1.82, 2.24) is 14.8 Å². The van der Waals surface area contributed by atoms with Gasteiger partial charge in [-0.2, -0.15) is 0 Å². The van der Waals surface area contributed by atoms with E-state index in [9.17, 15) is 14.7 Å². The lowest BCUT2D eigenvalue weighted by molar-refractivity contribution is -0.212. The normalized spacial score (nSPS) is 35.0. The first-order valence-corrected chi connectivity index (χ1v) is 21.2. The molecule has 3 aromatic rings. The van der Waals surface area contributed by atoms with Crippen LogP contribution in [0.3, 0.4) is 0 Å². The summed E-state index contributed by atoms with van der Waals surface area (Å²) in [6.45, 7) is 9.87. The van der Waals surface area contributed by atoms with Gasteiger partial charge in [-0.25, -0.2) is 4.79 Å². The van der Waals surface area contributed by atoms with E-state index >= 15 is 4.79 Å². The van der Waals surface area contributed by atoms with E-state index in [2.05, 4.69) is 59.0 Å². The Morgan fingerprint density at radius 1 is 1.00 bits per heavy atom. The topological polar surface area (TPSA) is 134 Å². The molecule has 9 rings (SSSR count). The molecule has 6 heterocycles. The predicted molar refractivity (Wildman–Crippen MR) is 219 cm³/mol. The number of aromatic amines is 1. The summed E-state index contributed by atoms with van der Waals surface area (Å²) in [5.41, 5.74) is 2.02. The number of carbonyl (C=O) groups excluding carboxylic acids is 3. The van der Waals surface area contributed by atoms with Gasteiger partial charge < -0.3 is 38.8 Å². The van der Waals surface area contributed by atoms with Crippen LogP contribution in [0.5, 0.6) is 5.75 Å². The lowest BCUT2D eigenvalue weighted by Crippen LogP contribution is -2.78. The van der Waals surface area contributed by atoms with Crippen molar-refractivity contribution >= 4 is 34.5 Å². The number of aromatic nitrogens is 1. The second-order valence-electron chi connectivity index (χ2n) is 17.8. The molecule has 2 N–H and O–H groups in total. The molecule has 1 aliphatic carbocycles. The Kier molecular flexibility index (Phi) is 9.52. The van der Waals surface area contributed by atoms with Gasteiger partial charge in [-0.15, -0.1) is 0 Å². The number of rotatable bonds is 7. The summed E-state index contributed by atoms with van der Waals surface area (Å²) in [6, 6.07) is 11.4. The zero-order valence-corrected chi connectivity index (χ0v) is 34.9. The molecule has 1 saturated carbocycles. The molecule has 1 unspecified atom stereocenters. The highest BCUT2D eigenvalue weighted by Crippen LogP contribution is 2.65. The fourth-order valence-electron chi connectivity index (χ4n) is 13.2. The van der Waals surface area contributed by atoms with Gasteiger partial charge in [-0.1, -0.05) is 50.1 Å². The lowest BCUT2D eigenvalue weighted by Gasteiger charge is -2.59. The number of methoxy groups -OCH3 is 3. The average molecular weight is 795 g/mol. The van der Waals surface area contributed by atoms with Crippen molar-refractivity contribution in [3.8, 4) is 5.75 Å². The van der Waals surface area contributed by atoms with Gasteiger partial charge in [-0.3, -0.25) is 14.5 Å². The van der Waals surface area contributed by atoms with Gasteiger partial charge in [0, 0.05) is 91.4 Å². The van der Waals surface area contributed by atoms with Crippen LogP contribution in [-0.4, -0.2) is 123 Å². The number of carbonyl (C=O) groups is 3. The van der Waals surface area contributed by atoms with Crippen LogP contribution in [0.4, 0.5) is 5.69 Å². The lowest BCUT2D eigenvalue weighted by atomic mass is 9.52. The average Bonchev–Trinajstić information content (AvgIpc) is 3.89. The molecule has 6 aliphatic rings. The van der Waals surface area contributed by atoms with E-state index in [-0.39, 0.29) is 17.9 Å². The number of esters is 3. The van der Waals surface area contributed by atoms with E-state index in [1.807, 2.05) is 24.1 Å². The first-order valence-electron chi connectivity index (χ1n) is 21.2. The number of hydrogen-bond acceptors (Lipinski definition) is 11. The number of H-pyrrole nitrogens is 1. The highest BCUT2D eigenvalue weighted by atomic mass is 16.6. The van der Waals surface area contributed by atoms with Crippen LogP contribution in [0.1, 0.15) is 75.3 Å². The van der Waals surface area contributed by atoms with Gasteiger partial charge in [0.15, 0.2) is 6.10 Å². The smallest absolute Gasteiger partial charge is 0.344 e. The van der Waals surface area contributed by atoms with Gasteiger partial charge in [0.1, 0.15) is 11.2 Å². The van der Waals surface area contributed by atoms with Crippen LogP contribution in [0.15, 0.2) is 48.0 Å². The van der Waals surface area contributed by atoms with Crippen LogP contribution < -0.4 is 9.64 Å². The summed E-state index contributed by atoms with van der Waals surface area (Å²) < 4.78 is 24.0. The summed E-state index contributed by atoms with van der Waals surface area (Å²) in [7, 11) is 6.29. The largest absolute Gasteiger partial charge is 0.496 e. The summed E-state index contributed by atoms with van der Waals surface area (Å²) in [6.07, 6.45) is 5.59. The monoisotopic (exact) mass is 794 g/mol. The molecule has 5 aliphatic heterocycles. The van der Waals surface area contributed by atoms with Gasteiger partial charge in [0.25, 0.3) is 0 Å². The van der Waals surface area contributed by atoms with Crippen molar-refractivity contribution < 1.29 is 38.4 Å². The van der Waals surface area contributed by atoms with E-state index in [1.165, 1.54) is 21.1 Å². The van der Waals surface area contributed by atoms with Crippen LogP contribution in [0.2, 0.25) is 0 Å². The molecule has 2 aromatic carbocycles. The molecule has 0 amide bonds. The molecule has 58 heavy (non-hydrogen) atoms. The van der Waals surface area contributed by atoms with Crippen LogP contribution >= 0.6 is 0 Å². The highest BCUT2D eigenvalue weighted by molar-refractivity contribution is 5.95. The molecular formula is C46H58N4O8. The van der Waals surface area contributed by atoms with Crippen molar-refractivity contribution in [1.29, 1.82) is 0 Å². The summed E-state index contributed by atoms with van der Waals surface area (Å²) in [5, 5.41) is 14.3. The quantitative estimate of drug-likeness (QED) is 0.193. The van der Waals surface area contributed by atoms with Crippen molar-refractivity contribution in [2.75, 3.05) is 66.0 Å². The van der Waals surface area contributed by atoms with Crippen molar-refractivity contribution in [3.63, 3.8) is 0 Å². The number of nitrogens with one attached hydrogen (secondary N) is 1. The zero-order valence-electron chi connectivity index (χ0n) is 34.9. The van der Waals surface area contributed by atoms with Crippen molar-refractivity contribution in [3.05, 3.63) is 70.4 Å². The van der Waals surface area contributed by atoms with Gasteiger partial charge in [-0.05, 0) is 73.7 Å². The molecule has 3 fully saturated rings. The number of anilines is 1. The van der Waals surface area contributed by atoms with Gasteiger partial charge >= 0.3 is 17.9 Å².